The number of aryl methyl sites for hydroxylation is 2. The Morgan fingerprint density at radius 3 is 2.35 bits per heavy atom. The molecule has 0 aliphatic rings. The van der Waals surface area contributed by atoms with E-state index in [1.54, 1.807) is 11.6 Å². The molecule has 0 aromatic carbocycles. The van der Waals surface area contributed by atoms with Gasteiger partial charge in [0.05, 0.1) is 29.4 Å². The fourth-order valence-corrected chi connectivity index (χ4v) is 2.49. The molecule has 1 aromatic rings. The zero-order valence-electron chi connectivity index (χ0n) is 10.7. The Bertz CT molecular complexity index is 477. The summed E-state index contributed by atoms with van der Waals surface area (Å²) in [5.41, 5.74) is 8.47. The SMILES string of the molecule is CCc1nn(CCS(=O)(=O)CC)c(CC)c1N. The average Bonchev–Trinajstić information content (AvgIpc) is 2.62. The first-order chi connectivity index (χ1) is 7.95. The van der Waals surface area contributed by atoms with Crippen molar-refractivity contribution in [2.24, 2.45) is 0 Å². The average molecular weight is 259 g/mol. The molecule has 0 unspecified atom stereocenters. The minimum atomic E-state index is -2.95. The van der Waals surface area contributed by atoms with E-state index in [4.69, 9.17) is 5.73 Å². The first-order valence-corrected chi connectivity index (χ1v) is 7.81. The van der Waals surface area contributed by atoms with Crippen LogP contribution in [0.4, 0.5) is 5.69 Å². The smallest absolute Gasteiger partial charge is 0.151 e. The minimum Gasteiger partial charge on any atom is -0.396 e. The van der Waals surface area contributed by atoms with Crippen LogP contribution in [0, 0.1) is 0 Å². The molecule has 2 N–H and O–H groups in total. The summed E-state index contributed by atoms with van der Waals surface area (Å²) in [7, 11) is -2.95. The van der Waals surface area contributed by atoms with Gasteiger partial charge in [-0.25, -0.2) is 8.42 Å². The summed E-state index contributed by atoms with van der Waals surface area (Å²) >= 11 is 0. The molecule has 5 nitrogen and oxygen atoms in total. The van der Waals surface area contributed by atoms with Gasteiger partial charge in [0.15, 0.2) is 9.84 Å². The summed E-state index contributed by atoms with van der Waals surface area (Å²) in [6.45, 7) is 6.04. The molecule has 0 saturated carbocycles. The molecule has 0 atom stereocenters. The molecular formula is C11H21N3O2S. The van der Waals surface area contributed by atoms with Crippen LogP contribution in [0.1, 0.15) is 32.2 Å². The van der Waals surface area contributed by atoms with Crippen LogP contribution in [0.15, 0.2) is 0 Å². The second-order valence-corrected chi connectivity index (χ2v) is 6.45. The maximum Gasteiger partial charge on any atom is 0.151 e. The van der Waals surface area contributed by atoms with Gasteiger partial charge in [0.25, 0.3) is 0 Å². The zero-order valence-corrected chi connectivity index (χ0v) is 11.5. The predicted octanol–water partition coefficient (Wildman–Crippen LogP) is 1.02. The van der Waals surface area contributed by atoms with E-state index >= 15 is 0 Å². The van der Waals surface area contributed by atoms with Crippen LogP contribution in [0.3, 0.4) is 0 Å². The summed E-state index contributed by atoms with van der Waals surface area (Å²) in [4.78, 5) is 0. The van der Waals surface area contributed by atoms with Gasteiger partial charge in [-0.05, 0) is 12.8 Å². The number of nitrogens with two attached hydrogens (primary N) is 1. The fraction of sp³-hybridized carbons (Fsp3) is 0.727. The Balaban J connectivity index is 2.91. The second-order valence-electron chi connectivity index (χ2n) is 3.97. The Morgan fingerprint density at radius 2 is 1.88 bits per heavy atom. The first kappa shape index (κ1) is 14.0. The molecule has 6 heteroatoms. The van der Waals surface area contributed by atoms with E-state index in [0.29, 0.717) is 12.2 Å². The first-order valence-electron chi connectivity index (χ1n) is 5.99. The lowest BCUT2D eigenvalue weighted by Crippen LogP contribution is -2.17. The highest BCUT2D eigenvalue weighted by atomic mass is 32.2. The normalized spacial score (nSPS) is 11.9. The Morgan fingerprint density at radius 1 is 1.24 bits per heavy atom. The van der Waals surface area contributed by atoms with E-state index in [-0.39, 0.29) is 11.5 Å². The number of rotatable bonds is 6. The molecule has 17 heavy (non-hydrogen) atoms. The van der Waals surface area contributed by atoms with Crippen molar-refractivity contribution in [3.05, 3.63) is 11.4 Å². The largest absolute Gasteiger partial charge is 0.396 e. The number of nitrogen functional groups attached to an aromatic ring is 1. The molecular weight excluding hydrogens is 238 g/mol. The van der Waals surface area contributed by atoms with Crippen LogP contribution in [-0.4, -0.2) is 29.7 Å². The lowest BCUT2D eigenvalue weighted by molar-refractivity contribution is 0.573. The Hall–Kier alpha value is -1.04. The van der Waals surface area contributed by atoms with Crippen molar-refractivity contribution >= 4 is 15.5 Å². The van der Waals surface area contributed by atoms with Gasteiger partial charge in [0, 0.05) is 5.75 Å². The maximum absolute atomic E-state index is 11.5. The van der Waals surface area contributed by atoms with Crippen LogP contribution < -0.4 is 5.73 Å². The van der Waals surface area contributed by atoms with Gasteiger partial charge in [-0.15, -0.1) is 0 Å². The lowest BCUT2D eigenvalue weighted by Gasteiger charge is -2.06. The highest BCUT2D eigenvalue weighted by Crippen LogP contribution is 2.18. The number of hydrogen-bond donors (Lipinski definition) is 1. The van der Waals surface area contributed by atoms with Crippen LogP contribution in [0.2, 0.25) is 0 Å². The van der Waals surface area contributed by atoms with E-state index in [1.807, 2.05) is 13.8 Å². The second kappa shape index (κ2) is 5.53. The van der Waals surface area contributed by atoms with Crippen molar-refractivity contribution in [3.8, 4) is 0 Å². The van der Waals surface area contributed by atoms with E-state index in [9.17, 15) is 8.42 Å². The molecule has 0 aliphatic heterocycles. The van der Waals surface area contributed by atoms with E-state index in [1.165, 1.54) is 0 Å². The molecule has 0 amide bonds. The predicted molar refractivity (Wildman–Crippen MR) is 69.7 cm³/mol. The Labute approximate surface area is 103 Å². The highest BCUT2D eigenvalue weighted by Gasteiger charge is 2.14. The number of aromatic nitrogens is 2. The van der Waals surface area contributed by atoms with Crippen molar-refractivity contribution in [2.75, 3.05) is 17.2 Å². The quantitative estimate of drug-likeness (QED) is 0.827. The van der Waals surface area contributed by atoms with Crippen LogP contribution in [-0.2, 0) is 29.2 Å². The summed E-state index contributed by atoms with van der Waals surface area (Å²) in [6.07, 6.45) is 1.54. The van der Waals surface area contributed by atoms with Gasteiger partial charge < -0.3 is 5.73 Å². The van der Waals surface area contributed by atoms with Gasteiger partial charge in [0.1, 0.15) is 0 Å². The van der Waals surface area contributed by atoms with Gasteiger partial charge in [-0.1, -0.05) is 20.8 Å². The van der Waals surface area contributed by atoms with Gasteiger partial charge >= 0.3 is 0 Å². The monoisotopic (exact) mass is 259 g/mol. The zero-order chi connectivity index (χ0) is 13.1. The molecule has 0 fully saturated rings. The lowest BCUT2D eigenvalue weighted by atomic mass is 10.2. The number of anilines is 1. The standard InChI is InChI=1S/C11H21N3O2S/c1-4-9-11(12)10(5-2)14(13-9)7-8-17(15,16)6-3/h4-8,12H2,1-3H3. The van der Waals surface area contributed by atoms with Crippen LogP contribution >= 0.6 is 0 Å². The maximum atomic E-state index is 11.5. The summed E-state index contributed by atoms with van der Waals surface area (Å²) in [5, 5.41) is 4.36. The molecule has 1 rings (SSSR count). The summed E-state index contributed by atoms with van der Waals surface area (Å²) < 4.78 is 24.7. The third-order valence-corrected chi connectivity index (χ3v) is 4.58. The molecule has 0 aliphatic carbocycles. The molecule has 0 spiro atoms. The highest BCUT2D eigenvalue weighted by molar-refractivity contribution is 7.91. The Kier molecular flexibility index (Phi) is 4.56. The summed E-state index contributed by atoms with van der Waals surface area (Å²) in [5.74, 6) is 0.298. The topological polar surface area (TPSA) is 78.0 Å². The summed E-state index contributed by atoms with van der Waals surface area (Å²) in [6, 6.07) is 0. The molecule has 98 valence electrons. The van der Waals surface area contributed by atoms with Crippen molar-refractivity contribution in [3.63, 3.8) is 0 Å². The third kappa shape index (κ3) is 3.21. The molecule has 0 radical (unpaired) electrons. The number of nitrogens with zero attached hydrogens (tertiary/aromatic N) is 2. The minimum absolute atomic E-state index is 0.126. The van der Waals surface area contributed by atoms with Gasteiger partial charge in [-0.3, -0.25) is 4.68 Å². The van der Waals surface area contributed by atoms with Crippen molar-refractivity contribution in [1.82, 2.24) is 9.78 Å². The van der Waals surface area contributed by atoms with E-state index in [2.05, 4.69) is 5.10 Å². The van der Waals surface area contributed by atoms with Gasteiger partial charge in [-0.2, -0.15) is 5.10 Å². The molecule has 1 aromatic heterocycles. The van der Waals surface area contributed by atoms with Crippen LogP contribution in [0.25, 0.3) is 0 Å². The third-order valence-electron chi connectivity index (χ3n) is 2.90. The van der Waals surface area contributed by atoms with Crippen molar-refractivity contribution in [1.29, 1.82) is 0 Å². The van der Waals surface area contributed by atoms with Crippen molar-refractivity contribution in [2.45, 2.75) is 40.2 Å². The number of hydrogen-bond acceptors (Lipinski definition) is 4. The molecule has 0 bridgehead atoms. The van der Waals surface area contributed by atoms with E-state index < -0.39 is 9.84 Å². The van der Waals surface area contributed by atoms with E-state index in [0.717, 1.165) is 24.2 Å². The van der Waals surface area contributed by atoms with Gasteiger partial charge in [0.2, 0.25) is 0 Å². The molecule has 0 saturated heterocycles. The molecule has 1 heterocycles. The fourth-order valence-electron chi connectivity index (χ4n) is 1.75. The van der Waals surface area contributed by atoms with Crippen LogP contribution in [0.5, 0.6) is 0 Å². The number of sulfone groups is 1. The van der Waals surface area contributed by atoms with Crippen molar-refractivity contribution < 1.29 is 8.42 Å².